The van der Waals surface area contributed by atoms with Crippen LogP contribution < -0.4 is 5.32 Å². The fourth-order valence-corrected chi connectivity index (χ4v) is 2.09. The summed E-state index contributed by atoms with van der Waals surface area (Å²) in [6.07, 6.45) is 4.27. The number of hydrogen-bond donors (Lipinski definition) is 1. The van der Waals surface area contributed by atoms with Gasteiger partial charge in [0.15, 0.2) is 0 Å². The van der Waals surface area contributed by atoms with Crippen LogP contribution in [-0.2, 0) is 6.42 Å². The molecule has 2 heteroatoms. The highest BCUT2D eigenvalue weighted by Crippen LogP contribution is 2.24. The second kappa shape index (κ2) is 6.97. The summed E-state index contributed by atoms with van der Waals surface area (Å²) in [6.45, 7) is 10.5. The van der Waals surface area contributed by atoms with Crippen LogP contribution in [0.3, 0.4) is 0 Å². The smallest absolute Gasteiger partial charge is 0.0175 e. The van der Waals surface area contributed by atoms with E-state index in [0.717, 1.165) is 24.0 Å². The quantitative estimate of drug-likeness (QED) is 0.588. The number of rotatable bonds is 7. The van der Waals surface area contributed by atoms with E-state index in [1.165, 1.54) is 12.0 Å². The summed E-state index contributed by atoms with van der Waals surface area (Å²) in [5.74, 6) is 0. The van der Waals surface area contributed by atoms with Crippen molar-refractivity contribution in [2.24, 2.45) is 5.41 Å². The average molecular weight is 296 g/mol. The van der Waals surface area contributed by atoms with Crippen molar-refractivity contribution in [3.8, 4) is 0 Å². The molecule has 1 aromatic carbocycles. The first-order chi connectivity index (χ1) is 8.09. The molecule has 1 atom stereocenters. The van der Waals surface area contributed by atoms with Crippen LogP contribution in [0.2, 0.25) is 0 Å². The zero-order valence-corrected chi connectivity index (χ0v) is 12.4. The second-order valence-electron chi connectivity index (χ2n) is 4.84. The molecule has 0 aliphatic carbocycles. The molecule has 0 aliphatic heterocycles. The predicted octanol–water partition coefficient (Wildman–Crippen LogP) is 4.18. The maximum absolute atomic E-state index is 3.98. The van der Waals surface area contributed by atoms with Crippen molar-refractivity contribution in [1.29, 1.82) is 0 Å². The Balaban J connectivity index is 2.61. The van der Waals surface area contributed by atoms with Crippen LogP contribution in [0.15, 0.2) is 41.4 Å². The number of nitrogens with one attached hydrogen (secondary N) is 1. The molecule has 1 rings (SSSR count). The zero-order chi connectivity index (χ0) is 12.7. The fraction of sp³-hybridized carbons (Fsp3) is 0.467. The largest absolute Gasteiger partial charge is 0.316 e. The Hall–Kier alpha value is -0.600. The Labute approximate surface area is 113 Å². The topological polar surface area (TPSA) is 12.0 Å². The third-order valence-electron chi connectivity index (χ3n) is 2.97. The molecule has 0 radical (unpaired) electrons. The van der Waals surface area contributed by atoms with E-state index >= 15 is 0 Å². The highest BCUT2D eigenvalue weighted by atomic mass is 79.9. The minimum atomic E-state index is 0.128. The predicted molar refractivity (Wildman–Crippen MR) is 79.3 cm³/mol. The highest BCUT2D eigenvalue weighted by molar-refractivity contribution is 9.10. The molecule has 0 aliphatic rings. The van der Waals surface area contributed by atoms with Crippen molar-refractivity contribution in [1.82, 2.24) is 5.32 Å². The number of halogens is 1. The Morgan fingerprint density at radius 3 is 2.53 bits per heavy atom. The van der Waals surface area contributed by atoms with E-state index in [1.54, 1.807) is 0 Å². The van der Waals surface area contributed by atoms with Crippen molar-refractivity contribution >= 4 is 15.9 Å². The Morgan fingerprint density at radius 1 is 1.35 bits per heavy atom. The maximum Gasteiger partial charge on any atom is 0.0175 e. The van der Waals surface area contributed by atoms with Crippen LogP contribution in [0.25, 0.3) is 0 Å². The average Bonchev–Trinajstić information content (AvgIpc) is 2.33. The summed E-state index contributed by atoms with van der Waals surface area (Å²) in [7, 11) is 0. The third-order valence-corrected chi connectivity index (χ3v) is 3.50. The summed E-state index contributed by atoms with van der Waals surface area (Å²) in [6, 6.07) is 8.54. The molecule has 1 unspecified atom stereocenters. The Bertz CT molecular complexity index is 344. The third kappa shape index (κ3) is 5.05. The van der Waals surface area contributed by atoms with Gasteiger partial charge in [-0.15, -0.1) is 6.58 Å². The van der Waals surface area contributed by atoms with Gasteiger partial charge in [0.25, 0.3) is 0 Å². The van der Waals surface area contributed by atoms with Gasteiger partial charge in [0, 0.05) is 16.4 Å². The summed E-state index contributed by atoms with van der Waals surface area (Å²) in [4.78, 5) is 0. The van der Waals surface area contributed by atoms with Crippen LogP contribution >= 0.6 is 15.9 Å². The molecule has 0 fully saturated rings. The molecular formula is C15H22BrN. The molecule has 94 valence electrons. The lowest BCUT2D eigenvalue weighted by molar-refractivity contribution is 0.391. The van der Waals surface area contributed by atoms with Gasteiger partial charge in [-0.2, -0.15) is 0 Å². The minimum Gasteiger partial charge on any atom is -0.316 e. The van der Waals surface area contributed by atoms with Crippen molar-refractivity contribution in [2.75, 3.05) is 13.1 Å². The standard InChI is InChI=1S/C15H22BrN/c1-4-10-17-12-15(3,5-2)11-13-6-8-14(16)9-7-13/h5-9,17H,2,4,10-12H2,1,3H3. The van der Waals surface area contributed by atoms with Crippen LogP contribution in [-0.4, -0.2) is 13.1 Å². The number of hydrogen-bond acceptors (Lipinski definition) is 1. The first-order valence-corrected chi connectivity index (χ1v) is 6.98. The lowest BCUT2D eigenvalue weighted by Gasteiger charge is -2.26. The second-order valence-corrected chi connectivity index (χ2v) is 5.75. The SMILES string of the molecule is C=CC(C)(CNCCC)Cc1ccc(Br)cc1. The fourth-order valence-electron chi connectivity index (χ4n) is 1.83. The van der Waals surface area contributed by atoms with Crippen LogP contribution in [0.4, 0.5) is 0 Å². The van der Waals surface area contributed by atoms with Gasteiger partial charge in [0.05, 0.1) is 0 Å². The minimum absolute atomic E-state index is 0.128. The van der Waals surface area contributed by atoms with Crippen LogP contribution in [0.1, 0.15) is 25.8 Å². The molecule has 0 spiro atoms. The van der Waals surface area contributed by atoms with E-state index in [2.05, 4.69) is 72.0 Å². The van der Waals surface area contributed by atoms with E-state index in [4.69, 9.17) is 0 Å². The summed E-state index contributed by atoms with van der Waals surface area (Å²) in [5, 5.41) is 3.48. The van der Waals surface area contributed by atoms with E-state index in [9.17, 15) is 0 Å². The lowest BCUT2D eigenvalue weighted by Crippen LogP contribution is -2.32. The van der Waals surface area contributed by atoms with Crippen molar-refractivity contribution in [2.45, 2.75) is 26.7 Å². The number of benzene rings is 1. The van der Waals surface area contributed by atoms with Crippen LogP contribution in [0.5, 0.6) is 0 Å². The van der Waals surface area contributed by atoms with Gasteiger partial charge < -0.3 is 5.32 Å². The van der Waals surface area contributed by atoms with Gasteiger partial charge in [-0.25, -0.2) is 0 Å². The molecule has 0 saturated heterocycles. The van der Waals surface area contributed by atoms with E-state index < -0.39 is 0 Å². The molecule has 0 amide bonds. The van der Waals surface area contributed by atoms with Gasteiger partial charge in [0.1, 0.15) is 0 Å². The van der Waals surface area contributed by atoms with Gasteiger partial charge in [0.2, 0.25) is 0 Å². The zero-order valence-electron chi connectivity index (χ0n) is 10.8. The van der Waals surface area contributed by atoms with Crippen molar-refractivity contribution in [3.63, 3.8) is 0 Å². The first-order valence-electron chi connectivity index (χ1n) is 6.18. The Morgan fingerprint density at radius 2 is 2.00 bits per heavy atom. The molecule has 0 saturated carbocycles. The molecule has 1 nitrogen and oxygen atoms in total. The normalized spacial score (nSPS) is 14.3. The van der Waals surface area contributed by atoms with E-state index in [-0.39, 0.29) is 5.41 Å². The summed E-state index contributed by atoms with van der Waals surface area (Å²) < 4.78 is 1.13. The molecule has 17 heavy (non-hydrogen) atoms. The van der Waals surface area contributed by atoms with Gasteiger partial charge in [-0.3, -0.25) is 0 Å². The van der Waals surface area contributed by atoms with Gasteiger partial charge in [-0.1, -0.05) is 48.0 Å². The molecule has 0 bridgehead atoms. The van der Waals surface area contributed by atoms with Gasteiger partial charge >= 0.3 is 0 Å². The molecule has 0 heterocycles. The summed E-state index contributed by atoms with van der Waals surface area (Å²) >= 11 is 3.46. The van der Waals surface area contributed by atoms with E-state index in [0.29, 0.717) is 0 Å². The van der Waals surface area contributed by atoms with Crippen LogP contribution in [0, 0.1) is 5.41 Å². The highest BCUT2D eigenvalue weighted by Gasteiger charge is 2.20. The van der Waals surface area contributed by atoms with E-state index in [1.807, 2.05) is 0 Å². The van der Waals surface area contributed by atoms with Crippen molar-refractivity contribution in [3.05, 3.63) is 47.0 Å². The monoisotopic (exact) mass is 295 g/mol. The molecular weight excluding hydrogens is 274 g/mol. The maximum atomic E-state index is 3.98. The first kappa shape index (κ1) is 14.5. The summed E-state index contributed by atoms with van der Waals surface area (Å²) in [5.41, 5.74) is 1.48. The lowest BCUT2D eigenvalue weighted by atomic mass is 9.83. The molecule has 1 aromatic rings. The Kier molecular flexibility index (Phi) is 5.93. The molecule has 0 aromatic heterocycles. The molecule has 1 N–H and O–H groups in total. The van der Waals surface area contributed by atoms with Gasteiger partial charge in [-0.05, 0) is 37.1 Å². The van der Waals surface area contributed by atoms with Crippen molar-refractivity contribution < 1.29 is 0 Å².